The van der Waals surface area contributed by atoms with Crippen LogP contribution in [0.1, 0.15) is 40.2 Å². The summed E-state index contributed by atoms with van der Waals surface area (Å²) in [6, 6.07) is 9.24. The van der Waals surface area contributed by atoms with Gasteiger partial charge in [-0.05, 0) is 32.3 Å². The molecule has 1 aromatic rings. The molecular weight excluding hydrogens is 412 g/mol. The van der Waals surface area contributed by atoms with E-state index in [-0.39, 0.29) is 37.9 Å². The Labute approximate surface area is 191 Å². The first-order valence-electron chi connectivity index (χ1n) is 11.3. The Balaban J connectivity index is 1.83. The molecule has 0 radical (unpaired) electrons. The van der Waals surface area contributed by atoms with Crippen molar-refractivity contribution in [3.8, 4) is 0 Å². The Kier molecular flexibility index (Phi) is 9.93. The summed E-state index contributed by atoms with van der Waals surface area (Å²) in [4.78, 5) is 28.6. The van der Waals surface area contributed by atoms with Crippen LogP contribution in [0.4, 0.5) is 4.79 Å². The Morgan fingerprint density at radius 3 is 2.22 bits per heavy atom. The Morgan fingerprint density at radius 2 is 1.69 bits per heavy atom. The highest BCUT2D eigenvalue weighted by Gasteiger charge is 2.31. The fraction of sp³-hybridized carbons (Fsp3) is 0.667. The van der Waals surface area contributed by atoms with Gasteiger partial charge in [-0.1, -0.05) is 44.2 Å². The summed E-state index contributed by atoms with van der Waals surface area (Å²) in [5, 5.41) is 9.91. The van der Waals surface area contributed by atoms with E-state index >= 15 is 0 Å². The van der Waals surface area contributed by atoms with E-state index in [4.69, 9.17) is 14.2 Å². The van der Waals surface area contributed by atoms with E-state index < -0.39 is 17.7 Å². The first kappa shape index (κ1) is 26.1. The maximum absolute atomic E-state index is 12.6. The molecule has 180 valence electrons. The van der Waals surface area contributed by atoms with E-state index in [2.05, 4.69) is 4.90 Å². The van der Waals surface area contributed by atoms with Crippen LogP contribution < -0.4 is 0 Å². The van der Waals surface area contributed by atoms with E-state index in [1.165, 1.54) is 0 Å². The first-order valence-corrected chi connectivity index (χ1v) is 11.3. The molecule has 0 saturated carbocycles. The summed E-state index contributed by atoms with van der Waals surface area (Å²) in [5.74, 6) is -0.475. The number of amides is 1. The van der Waals surface area contributed by atoms with Gasteiger partial charge < -0.3 is 24.2 Å². The SMILES string of the molecule is CC(C)[C@H](OC[C@@H](CO)N1CCN(C(=O)OC(C)(C)C)CC1)C(=O)OCc1ccccc1. The summed E-state index contributed by atoms with van der Waals surface area (Å²) < 4.78 is 16.8. The molecule has 1 heterocycles. The predicted octanol–water partition coefficient (Wildman–Crippen LogP) is 2.68. The predicted molar refractivity (Wildman–Crippen MR) is 121 cm³/mol. The number of benzene rings is 1. The molecule has 2 rings (SSSR count). The zero-order chi connectivity index (χ0) is 23.7. The third-order valence-corrected chi connectivity index (χ3v) is 5.22. The Bertz CT molecular complexity index is 711. The van der Waals surface area contributed by atoms with Crippen LogP contribution in [-0.2, 0) is 25.6 Å². The fourth-order valence-electron chi connectivity index (χ4n) is 3.43. The molecular formula is C24H38N2O6. The van der Waals surface area contributed by atoms with Gasteiger partial charge in [0.25, 0.3) is 0 Å². The maximum atomic E-state index is 12.6. The minimum atomic E-state index is -0.712. The number of ether oxygens (including phenoxy) is 3. The highest BCUT2D eigenvalue weighted by Crippen LogP contribution is 2.16. The lowest BCUT2D eigenvalue weighted by Gasteiger charge is -2.39. The second-order valence-electron chi connectivity index (χ2n) is 9.43. The molecule has 1 aromatic carbocycles. The van der Waals surface area contributed by atoms with Gasteiger partial charge in [-0.3, -0.25) is 4.90 Å². The quantitative estimate of drug-likeness (QED) is 0.579. The van der Waals surface area contributed by atoms with Crippen LogP contribution in [0.25, 0.3) is 0 Å². The normalized spacial score (nSPS) is 17.2. The molecule has 32 heavy (non-hydrogen) atoms. The van der Waals surface area contributed by atoms with Crippen LogP contribution >= 0.6 is 0 Å². The van der Waals surface area contributed by atoms with Gasteiger partial charge in [-0.25, -0.2) is 9.59 Å². The molecule has 1 aliphatic rings. The molecule has 1 saturated heterocycles. The molecule has 8 nitrogen and oxygen atoms in total. The van der Waals surface area contributed by atoms with Crippen molar-refractivity contribution in [1.29, 1.82) is 0 Å². The molecule has 1 fully saturated rings. The topological polar surface area (TPSA) is 88.5 Å². The van der Waals surface area contributed by atoms with Crippen molar-refractivity contribution >= 4 is 12.1 Å². The molecule has 1 aliphatic heterocycles. The fourth-order valence-corrected chi connectivity index (χ4v) is 3.43. The number of carbonyl (C=O) groups excluding carboxylic acids is 2. The maximum Gasteiger partial charge on any atom is 0.410 e. The number of hydrogen-bond acceptors (Lipinski definition) is 7. The highest BCUT2D eigenvalue weighted by atomic mass is 16.6. The van der Waals surface area contributed by atoms with Crippen LogP contribution in [0, 0.1) is 5.92 Å². The number of nitrogens with zero attached hydrogens (tertiary/aromatic N) is 2. The van der Waals surface area contributed by atoms with E-state index in [0.29, 0.717) is 26.2 Å². The summed E-state index contributed by atoms with van der Waals surface area (Å²) in [6.45, 7) is 11.9. The van der Waals surface area contributed by atoms with Crippen LogP contribution in [0.3, 0.4) is 0 Å². The van der Waals surface area contributed by atoms with Crippen LogP contribution in [0.5, 0.6) is 0 Å². The van der Waals surface area contributed by atoms with Crippen molar-refractivity contribution in [2.24, 2.45) is 5.92 Å². The lowest BCUT2D eigenvalue weighted by molar-refractivity contribution is -0.163. The van der Waals surface area contributed by atoms with Crippen molar-refractivity contribution in [2.45, 2.75) is 59.0 Å². The van der Waals surface area contributed by atoms with Crippen LogP contribution in [0.2, 0.25) is 0 Å². The third-order valence-electron chi connectivity index (χ3n) is 5.22. The molecule has 8 heteroatoms. The van der Waals surface area contributed by atoms with Crippen molar-refractivity contribution in [2.75, 3.05) is 39.4 Å². The number of aliphatic hydroxyl groups is 1. The van der Waals surface area contributed by atoms with Gasteiger partial charge >= 0.3 is 12.1 Å². The van der Waals surface area contributed by atoms with Crippen molar-refractivity contribution in [3.05, 3.63) is 35.9 Å². The second-order valence-corrected chi connectivity index (χ2v) is 9.43. The Hall–Kier alpha value is -2.16. The average Bonchev–Trinajstić information content (AvgIpc) is 2.74. The molecule has 0 bridgehead atoms. The highest BCUT2D eigenvalue weighted by molar-refractivity contribution is 5.75. The summed E-state index contributed by atoms with van der Waals surface area (Å²) in [5.41, 5.74) is 0.385. The summed E-state index contributed by atoms with van der Waals surface area (Å²) in [7, 11) is 0. The van der Waals surface area contributed by atoms with Gasteiger partial charge in [0.15, 0.2) is 6.10 Å². The number of piperazine rings is 1. The standard InChI is InChI=1S/C24H38N2O6/c1-18(2)21(22(28)31-16-19-9-7-6-8-10-19)30-17-20(15-27)25-11-13-26(14-12-25)23(29)32-24(3,4)5/h6-10,18,20-21,27H,11-17H2,1-5H3/t20-,21+/m1/s1. The van der Waals surface area contributed by atoms with Gasteiger partial charge in [0.2, 0.25) is 0 Å². The minimum Gasteiger partial charge on any atom is -0.459 e. The minimum absolute atomic E-state index is 0.0679. The van der Waals surface area contributed by atoms with E-state index in [0.717, 1.165) is 5.56 Å². The van der Waals surface area contributed by atoms with Crippen molar-refractivity contribution in [3.63, 3.8) is 0 Å². The summed E-state index contributed by atoms with van der Waals surface area (Å²) in [6.07, 6.45) is -1.04. The molecule has 0 aromatic heterocycles. The van der Waals surface area contributed by atoms with Crippen molar-refractivity contribution in [1.82, 2.24) is 9.80 Å². The second kappa shape index (κ2) is 12.2. The first-order chi connectivity index (χ1) is 15.1. The zero-order valence-corrected chi connectivity index (χ0v) is 20.0. The van der Waals surface area contributed by atoms with Gasteiger partial charge in [-0.2, -0.15) is 0 Å². The molecule has 0 aliphatic carbocycles. The molecule has 1 N–H and O–H groups in total. The van der Waals surface area contributed by atoms with Crippen LogP contribution in [0.15, 0.2) is 30.3 Å². The van der Waals surface area contributed by atoms with Gasteiger partial charge in [0.05, 0.1) is 19.3 Å². The lowest BCUT2D eigenvalue weighted by Crippen LogP contribution is -2.55. The molecule has 2 atom stereocenters. The van der Waals surface area contributed by atoms with Crippen molar-refractivity contribution < 1.29 is 28.9 Å². The number of rotatable bonds is 9. The van der Waals surface area contributed by atoms with Gasteiger partial charge in [-0.15, -0.1) is 0 Å². The third kappa shape index (κ3) is 8.41. The lowest BCUT2D eigenvalue weighted by atomic mass is 10.1. The number of aliphatic hydroxyl groups excluding tert-OH is 1. The van der Waals surface area contributed by atoms with E-state index in [9.17, 15) is 14.7 Å². The average molecular weight is 451 g/mol. The van der Waals surface area contributed by atoms with Gasteiger partial charge in [0, 0.05) is 26.2 Å². The molecule has 1 amide bonds. The Morgan fingerprint density at radius 1 is 1.06 bits per heavy atom. The number of hydrogen-bond donors (Lipinski definition) is 1. The van der Waals surface area contributed by atoms with E-state index in [1.54, 1.807) is 4.90 Å². The monoisotopic (exact) mass is 450 g/mol. The zero-order valence-electron chi connectivity index (χ0n) is 20.0. The molecule has 0 unspecified atom stereocenters. The largest absolute Gasteiger partial charge is 0.459 e. The number of esters is 1. The number of carbonyl (C=O) groups is 2. The van der Waals surface area contributed by atoms with Gasteiger partial charge in [0.1, 0.15) is 12.2 Å². The van der Waals surface area contributed by atoms with E-state index in [1.807, 2.05) is 65.0 Å². The smallest absolute Gasteiger partial charge is 0.410 e. The summed E-state index contributed by atoms with van der Waals surface area (Å²) >= 11 is 0. The molecule has 0 spiro atoms. The van der Waals surface area contributed by atoms with Crippen LogP contribution in [-0.4, -0.2) is 84.1 Å².